The first-order chi connectivity index (χ1) is 16.7. The SMILES string of the molecule is CC(C)c1ccccc1-c1cc(Oc2ccc(CCO)cc2)nc(NS(=O)(=O)c2cnn(C)c2)n1. The van der Waals surface area contributed by atoms with Gasteiger partial charge < -0.3 is 9.84 Å². The average Bonchev–Trinajstić information content (AvgIpc) is 3.27. The first-order valence-electron chi connectivity index (χ1n) is 11.1. The molecule has 4 rings (SSSR count). The van der Waals surface area contributed by atoms with Crippen molar-refractivity contribution in [3.8, 4) is 22.9 Å². The third kappa shape index (κ3) is 5.84. The van der Waals surface area contributed by atoms with E-state index >= 15 is 0 Å². The Bertz CT molecular complexity index is 1420. The number of nitrogens with zero attached hydrogens (tertiary/aromatic N) is 4. The second-order valence-electron chi connectivity index (χ2n) is 8.33. The third-order valence-electron chi connectivity index (χ3n) is 5.32. The summed E-state index contributed by atoms with van der Waals surface area (Å²) in [6, 6.07) is 16.8. The van der Waals surface area contributed by atoms with E-state index in [0.29, 0.717) is 17.9 Å². The lowest BCUT2D eigenvalue weighted by Crippen LogP contribution is -2.15. The molecule has 0 amide bonds. The molecule has 0 bridgehead atoms. The summed E-state index contributed by atoms with van der Waals surface area (Å²) in [4.78, 5) is 8.82. The van der Waals surface area contributed by atoms with Crippen molar-refractivity contribution < 1.29 is 18.3 Å². The predicted molar refractivity (Wildman–Crippen MR) is 133 cm³/mol. The van der Waals surface area contributed by atoms with E-state index in [1.165, 1.54) is 17.1 Å². The standard InChI is InChI=1S/C25H27N5O4S/c1-17(2)21-6-4-5-7-22(21)23-14-24(34-19-10-8-18(9-11-19)12-13-31)28-25(27-23)29-35(32,33)20-15-26-30(3)16-20/h4-11,14-17,31H,12-13H2,1-3H3,(H,27,28,29). The van der Waals surface area contributed by atoms with E-state index in [1.54, 1.807) is 25.2 Å². The van der Waals surface area contributed by atoms with E-state index in [2.05, 4.69) is 33.6 Å². The van der Waals surface area contributed by atoms with Crippen LogP contribution in [0.1, 0.15) is 30.9 Å². The monoisotopic (exact) mass is 493 g/mol. The van der Waals surface area contributed by atoms with Gasteiger partial charge >= 0.3 is 0 Å². The minimum absolute atomic E-state index is 0.00137. The maximum absolute atomic E-state index is 12.9. The molecule has 0 aliphatic heterocycles. The van der Waals surface area contributed by atoms with Crippen LogP contribution in [-0.2, 0) is 23.5 Å². The van der Waals surface area contributed by atoms with Crippen molar-refractivity contribution in [1.29, 1.82) is 0 Å². The fourth-order valence-electron chi connectivity index (χ4n) is 3.59. The van der Waals surface area contributed by atoms with Gasteiger partial charge in [-0.25, -0.2) is 18.1 Å². The van der Waals surface area contributed by atoms with E-state index < -0.39 is 10.0 Å². The Morgan fingerprint density at radius 1 is 1.09 bits per heavy atom. The molecule has 0 spiro atoms. The van der Waals surface area contributed by atoms with Gasteiger partial charge in [-0.2, -0.15) is 10.1 Å². The molecule has 0 unspecified atom stereocenters. The first-order valence-corrected chi connectivity index (χ1v) is 12.6. The zero-order valence-electron chi connectivity index (χ0n) is 19.7. The van der Waals surface area contributed by atoms with Gasteiger partial charge in [-0.3, -0.25) is 4.68 Å². The number of sulfonamides is 1. The lowest BCUT2D eigenvalue weighted by atomic mass is 9.95. The highest BCUT2D eigenvalue weighted by Gasteiger charge is 2.20. The molecule has 2 N–H and O–H groups in total. The Balaban J connectivity index is 1.75. The highest BCUT2D eigenvalue weighted by Crippen LogP contribution is 2.32. The number of aryl methyl sites for hydroxylation is 1. The van der Waals surface area contributed by atoms with Crippen LogP contribution >= 0.6 is 0 Å². The Kier molecular flexibility index (Phi) is 7.13. The molecule has 0 aliphatic rings. The minimum atomic E-state index is -3.96. The van der Waals surface area contributed by atoms with E-state index in [-0.39, 0.29) is 29.2 Å². The van der Waals surface area contributed by atoms with Crippen LogP contribution < -0.4 is 9.46 Å². The zero-order valence-corrected chi connectivity index (χ0v) is 20.5. The highest BCUT2D eigenvalue weighted by atomic mass is 32.2. The number of hydrogen-bond acceptors (Lipinski definition) is 7. The van der Waals surface area contributed by atoms with Gasteiger partial charge in [0.15, 0.2) is 0 Å². The normalized spacial score (nSPS) is 11.6. The van der Waals surface area contributed by atoms with Crippen LogP contribution in [0, 0.1) is 0 Å². The molecule has 0 saturated heterocycles. The molecule has 35 heavy (non-hydrogen) atoms. The molecular formula is C25H27N5O4S. The van der Waals surface area contributed by atoms with Gasteiger partial charge in [-0.1, -0.05) is 50.2 Å². The van der Waals surface area contributed by atoms with Crippen molar-refractivity contribution in [2.75, 3.05) is 11.3 Å². The van der Waals surface area contributed by atoms with Gasteiger partial charge in [0, 0.05) is 31.5 Å². The molecule has 0 aliphatic carbocycles. The fourth-order valence-corrected chi connectivity index (χ4v) is 4.51. The molecule has 10 heteroatoms. The van der Waals surface area contributed by atoms with Crippen LogP contribution in [0.25, 0.3) is 11.3 Å². The number of aliphatic hydroxyl groups excluding tert-OH is 1. The summed E-state index contributed by atoms with van der Waals surface area (Å²) in [6.45, 7) is 4.22. The van der Waals surface area contributed by atoms with Crippen molar-refractivity contribution >= 4 is 16.0 Å². The summed E-state index contributed by atoms with van der Waals surface area (Å²) in [5, 5.41) is 13.1. The maximum Gasteiger partial charge on any atom is 0.267 e. The molecule has 9 nitrogen and oxygen atoms in total. The summed E-state index contributed by atoms with van der Waals surface area (Å²) in [6.07, 6.45) is 3.20. The lowest BCUT2D eigenvalue weighted by molar-refractivity contribution is 0.299. The maximum atomic E-state index is 12.9. The fraction of sp³-hybridized carbons (Fsp3) is 0.240. The quantitative estimate of drug-likeness (QED) is 0.360. The summed E-state index contributed by atoms with van der Waals surface area (Å²) in [5.74, 6) is 0.818. The summed E-state index contributed by atoms with van der Waals surface area (Å²) in [7, 11) is -2.32. The number of ether oxygens (including phenoxy) is 1. The molecule has 0 radical (unpaired) electrons. The molecule has 4 aromatic rings. The highest BCUT2D eigenvalue weighted by molar-refractivity contribution is 7.92. The molecule has 2 aromatic carbocycles. The predicted octanol–water partition coefficient (Wildman–Crippen LogP) is 4.13. The second-order valence-corrected chi connectivity index (χ2v) is 10.0. The average molecular weight is 494 g/mol. The van der Waals surface area contributed by atoms with E-state index in [0.717, 1.165) is 16.7 Å². The van der Waals surface area contributed by atoms with Crippen LogP contribution in [-0.4, -0.2) is 39.9 Å². The minimum Gasteiger partial charge on any atom is -0.439 e. The molecular weight excluding hydrogens is 466 g/mol. The number of benzene rings is 2. The summed E-state index contributed by atoms with van der Waals surface area (Å²) in [5.41, 5.74) is 3.42. The molecule has 2 aromatic heterocycles. The van der Waals surface area contributed by atoms with Gasteiger partial charge in [-0.05, 0) is 35.6 Å². The number of hydrogen-bond donors (Lipinski definition) is 2. The van der Waals surface area contributed by atoms with Gasteiger partial charge in [0.05, 0.1) is 11.9 Å². The Hall–Kier alpha value is -3.76. The number of aromatic nitrogens is 4. The number of nitrogens with one attached hydrogen (secondary N) is 1. The summed E-state index contributed by atoms with van der Waals surface area (Å²) < 4.78 is 35.6. The smallest absolute Gasteiger partial charge is 0.267 e. The van der Waals surface area contributed by atoms with Gasteiger partial charge in [0.25, 0.3) is 10.0 Å². The molecule has 0 atom stereocenters. The van der Waals surface area contributed by atoms with Crippen molar-refractivity contribution in [3.05, 3.63) is 78.1 Å². The molecule has 182 valence electrons. The number of rotatable bonds is 9. The summed E-state index contributed by atoms with van der Waals surface area (Å²) >= 11 is 0. The van der Waals surface area contributed by atoms with Crippen LogP contribution in [0.4, 0.5) is 5.95 Å². The second kappa shape index (κ2) is 10.2. The Morgan fingerprint density at radius 2 is 1.83 bits per heavy atom. The van der Waals surface area contributed by atoms with Gasteiger partial charge in [0.1, 0.15) is 10.6 Å². The topological polar surface area (TPSA) is 119 Å². The van der Waals surface area contributed by atoms with Crippen molar-refractivity contribution in [1.82, 2.24) is 19.7 Å². The molecule has 0 saturated carbocycles. The third-order valence-corrected chi connectivity index (χ3v) is 6.61. The zero-order chi connectivity index (χ0) is 25.0. The van der Waals surface area contributed by atoms with Crippen molar-refractivity contribution in [3.63, 3.8) is 0 Å². The molecule has 0 fully saturated rings. The van der Waals surface area contributed by atoms with Crippen LogP contribution in [0.5, 0.6) is 11.6 Å². The molecule has 2 heterocycles. The van der Waals surface area contributed by atoms with E-state index in [1.807, 2.05) is 36.4 Å². The van der Waals surface area contributed by atoms with Gasteiger partial charge in [-0.15, -0.1) is 0 Å². The van der Waals surface area contributed by atoms with Crippen molar-refractivity contribution in [2.24, 2.45) is 7.05 Å². The van der Waals surface area contributed by atoms with Gasteiger partial charge in [0.2, 0.25) is 11.8 Å². The van der Waals surface area contributed by atoms with Crippen LogP contribution in [0.2, 0.25) is 0 Å². The van der Waals surface area contributed by atoms with Crippen LogP contribution in [0.3, 0.4) is 0 Å². The van der Waals surface area contributed by atoms with E-state index in [9.17, 15) is 8.42 Å². The lowest BCUT2D eigenvalue weighted by Gasteiger charge is -2.15. The van der Waals surface area contributed by atoms with E-state index in [4.69, 9.17) is 9.84 Å². The first kappa shape index (κ1) is 24.4. The Labute approximate surface area is 204 Å². The Morgan fingerprint density at radius 3 is 2.49 bits per heavy atom. The van der Waals surface area contributed by atoms with Crippen molar-refractivity contribution in [2.45, 2.75) is 31.1 Å². The largest absolute Gasteiger partial charge is 0.439 e. The number of anilines is 1. The van der Waals surface area contributed by atoms with Crippen LogP contribution in [0.15, 0.2) is 71.9 Å². The number of aliphatic hydroxyl groups is 1.